The largest absolute Gasteiger partial charge is 0.344 e. The minimum absolute atomic E-state index is 0.0283. The van der Waals surface area contributed by atoms with E-state index in [2.05, 4.69) is 5.32 Å². The van der Waals surface area contributed by atoms with E-state index in [0.29, 0.717) is 12.1 Å². The van der Waals surface area contributed by atoms with E-state index in [1.54, 1.807) is 18.2 Å². The molecule has 0 unspecified atom stereocenters. The lowest BCUT2D eigenvalue weighted by atomic mass is 10.1. The normalized spacial score (nSPS) is 12.3. The van der Waals surface area contributed by atoms with Crippen LogP contribution in [0.25, 0.3) is 6.08 Å². The van der Waals surface area contributed by atoms with Gasteiger partial charge in [-0.25, -0.2) is 0 Å². The number of benzene rings is 2. The Hall–Kier alpha value is -2.99. The van der Waals surface area contributed by atoms with Crippen molar-refractivity contribution in [2.24, 2.45) is 0 Å². The Labute approximate surface area is 146 Å². The number of hydrogen-bond acceptors (Lipinski definition) is 4. The summed E-state index contributed by atoms with van der Waals surface area (Å²) in [5.74, 6) is -0.297. The number of para-hydroxylation sites is 1. The van der Waals surface area contributed by atoms with Crippen molar-refractivity contribution in [3.63, 3.8) is 0 Å². The van der Waals surface area contributed by atoms with Gasteiger partial charge < -0.3 is 10.2 Å². The molecule has 0 aliphatic carbocycles. The number of nitrogens with one attached hydrogen (secondary N) is 1. The van der Waals surface area contributed by atoms with E-state index in [-0.39, 0.29) is 17.6 Å². The number of carbonyl (C=O) groups excluding carboxylic acids is 1. The summed E-state index contributed by atoms with van der Waals surface area (Å²) in [5.41, 5.74) is 1.37. The highest BCUT2D eigenvalue weighted by Crippen LogP contribution is 2.19. The number of rotatable bonds is 7. The van der Waals surface area contributed by atoms with Crippen LogP contribution in [0.4, 0.5) is 5.69 Å². The lowest BCUT2D eigenvalue weighted by Gasteiger charge is -2.22. The first-order chi connectivity index (χ1) is 12.0. The molecular weight excluding hydrogens is 318 g/mol. The molecule has 2 rings (SSSR count). The maximum atomic E-state index is 12.3. The fourth-order valence-corrected chi connectivity index (χ4v) is 2.46. The van der Waals surface area contributed by atoms with E-state index in [1.165, 1.54) is 18.2 Å². The smallest absolute Gasteiger partial charge is 0.276 e. The van der Waals surface area contributed by atoms with Crippen LogP contribution in [0.15, 0.2) is 60.7 Å². The zero-order valence-electron chi connectivity index (χ0n) is 14.3. The Morgan fingerprint density at radius 1 is 1.16 bits per heavy atom. The first-order valence-corrected chi connectivity index (χ1v) is 7.89. The second-order valence-corrected chi connectivity index (χ2v) is 5.88. The van der Waals surface area contributed by atoms with Gasteiger partial charge in [0.25, 0.3) is 5.69 Å². The summed E-state index contributed by atoms with van der Waals surface area (Å²) in [6.07, 6.45) is 2.79. The van der Waals surface area contributed by atoms with Crippen molar-refractivity contribution in [1.29, 1.82) is 0 Å². The van der Waals surface area contributed by atoms with Crippen molar-refractivity contribution in [2.45, 2.75) is 6.04 Å². The first-order valence-electron chi connectivity index (χ1n) is 7.89. The maximum Gasteiger partial charge on any atom is 0.276 e. The van der Waals surface area contributed by atoms with Crippen LogP contribution in [0.1, 0.15) is 17.2 Å². The van der Waals surface area contributed by atoms with Gasteiger partial charge in [0.1, 0.15) is 0 Å². The van der Waals surface area contributed by atoms with Crippen molar-refractivity contribution < 1.29 is 9.72 Å². The molecule has 130 valence electrons. The zero-order chi connectivity index (χ0) is 18.2. The van der Waals surface area contributed by atoms with Gasteiger partial charge in [-0.05, 0) is 31.8 Å². The number of amides is 1. The van der Waals surface area contributed by atoms with Crippen LogP contribution < -0.4 is 5.32 Å². The van der Waals surface area contributed by atoms with Crippen LogP contribution in [-0.2, 0) is 4.79 Å². The fourth-order valence-electron chi connectivity index (χ4n) is 2.46. The van der Waals surface area contributed by atoms with Crippen molar-refractivity contribution in [1.82, 2.24) is 10.2 Å². The number of hydrogen-bond donors (Lipinski definition) is 1. The predicted molar refractivity (Wildman–Crippen MR) is 98.0 cm³/mol. The summed E-state index contributed by atoms with van der Waals surface area (Å²) in [6.45, 7) is 0.648. The van der Waals surface area contributed by atoms with Crippen LogP contribution >= 0.6 is 0 Å². The van der Waals surface area contributed by atoms with Gasteiger partial charge in [-0.2, -0.15) is 0 Å². The highest BCUT2D eigenvalue weighted by atomic mass is 16.6. The van der Waals surface area contributed by atoms with Gasteiger partial charge in [0.05, 0.1) is 16.5 Å². The molecule has 1 atom stereocenters. The number of likely N-dealkylation sites (N-methyl/N-ethyl adjacent to an activating group) is 1. The molecule has 0 aliphatic rings. The van der Waals surface area contributed by atoms with Crippen molar-refractivity contribution >= 4 is 17.7 Å². The third kappa shape index (κ3) is 5.54. The molecule has 0 heterocycles. The number of nitro groups is 1. The van der Waals surface area contributed by atoms with E-state index in [4.69, 9.17) is 0 Å². The predicted octanol–water partition coefficient (Wildman–Crippen LogP) is 3.03. The molecule has 0 spiro atoms. The molecule has 0 aliphatic heterocycles. The average Bonchev–Trinajstić information content (AvgIpc) is 2.60. The molecule has 2 aromatic carbocycles. The first kappa shape index (κ1) is 18.4. The minimum atomic E-state index is -0.462. The summed E-state index contributed by atoms with van der Waals surface area (Å²) >= 11 is 0. The highest BCUT2D eigenvalue weighted by Gasteiger charge is 2.15. The third-order valence-corrected chi connectivity index (χ3v) is 3.61. The van der Waals surface area contributed by atoms with Gasteiger partial charge in [-0.15, -0.1) is 0 Å². The van der Waals surface area contributed by atoms with Crippen LogP contribution in [-0.4, -0.2) is 36.4 Å². The number of carbonyl (C=O) groups is 1. The SMILES string of the molecule is CN(C)C[C@H](NC(=O)/C=C/c1ccccc1[N+](=O)[O-])c1ccccc1. The second-order valence-electron chi connectivity index (χ2n) is 5.88. The zero-order valence-corrected chi connectivity index (χ0v) is 14.3. The molecule has 0 fully saturated rings. The number of nitrogens with zero attached hydrogens (tertiary/aromatic N) is 2. The lowest BCUT2D eigenvalue weighted by molar-refractivity contribution is -0.385. The van der Waals surface area contributed by atoms with Crippen LogP contribution in [0.2, 0.25) is 0 Å². The van der Waals surface area contributed by atoms with E-state index in [9.17, 15) is 14.9 Å². The van der Waals surface area contributed by atoms with Gasteiger partial charge in [-0.3, -0.25) is 14.9 Å². The highest BCUT2D eigenvalue weighted by molar-refractivity contribution is 5.92. The molecule has 0 radical (unpaired) electrons. The van der Waals surface area contributed by atoms with Crippen molar-refractivity contribution in [2.75, 3.05) is 20.6 Å². The topological polar surface area (TPSA) is 75.5 Å². The fraction of sp³-hybridized carbons (Fsp3) is 0.211. The molecule has 25 heavy (non-hydrogen) atoms. The summed E-state index contributed by atoms with van der Waals surface area (Å²) in [5, 5.41) is 14.0. The second kappa shape index (κ2) is 8.75. The average molecular weight is 339 g/mol. The Morgan fingerprint density at radius 2 is 1.80 bits per heavy atom. The van der Waals surface area contributed by atoms with Crippen LogP contribution in [0.5, 0.6) is 0 Å². The van der Waals surface area contributed by atoms with E-state index in [1.807, 2.05) is 49.3 Å². The van der Waals surface area contributed by atoms with Gasteiger partial charge >= 0.3 is 0 Å². The van der Waals surface area contributed by atoms with E-state index < -0.39 is 4.92 Å². The number of nitro benzene ring substituents is 1. The molecule has 0 bridgehead atoms. The Kier molecular flexibility index (Phi) is 6.42. The molecule has 0 saturated carbocycles. The van der Waals surface area contributed by atoms with Gasteiger partial charge in [0.2, 0.25) is 5.91 Å². The third-order valence-electron chi connectivity index (χ3n) is 3.61. The molecule has 6 heteroatoms. The van der Waals surface area contributed by atoms with E-state index in [0.717, 1.165) is 5.56 Å². The molecular formula is C19H21N3O3. The molecule has 1 N–H and O–H groups in total. The quantitative estimate of drug-likeness (QED) is 0.478. The summed E-state index contributed by atoms with van der Waals surface area (Å²) in [6, 6.07) is 15.8. The molecule has 1 amide bonds. The summed E-state index contributed by atoms with van der Waals surface area (Å²) < 4.78 is 0. The van der Waals surface area contributed by atoms with Crippen LogP contribution in [0.3, 0.4) is 0 Å². The molecule has 2 aromatic rings. The van der Waals surface area contributed by atoms with Crippen molar-refractivity contribution in [3.05, 3.63) is 81.9 Å². The van der Waals surface area contributed by atoms with Gasteiger partial charge in [-0.1, -0.05) is 42.5 Å². The van der Waals surface area contributed by atoms with Gasteiger partial charge in [0, 0.05) is 18.7 Å². The van der Waals surface area contributed by atoms with Gasteiger partial charge in [0.15, 0.2) is 0 Å². The Bertz CT molecular complexity index is 758. The molecule has 0 aromatic heterocycles. The maximum absolute atomic E-state index is 12.3. The molecule has 6 nitrogen and oxygen atoms in total. The summed E-state index contributed by atoms with van der Waals surface area (Å²) in [4.78, 5) is 24.8. The van der Waals surface area contributed by atoms with Crippen LogP contribution in [0, 0.1) is 10.1 Å². The van der Waals surface area contributed by atoms with Crippen molar-refractivity contribution in [3.8, 4) is 0 Å². The summed E-state index contributed by atoms with van der Waals surface area (Å²) in [7, 11) is 3.87. The Morgan fingerprint density at radius 3 is 2.44 bits per heavy atom. The monoisotopic (exact) mass is 339 g/mol. The van der Waals surface area contributed by atoms with E-state index >= 15 is 0 Å². The lowest BCUT2D eigenvalue weighted by Crippen LogP contribution is -2.34. The minimum Gasteiger partial charge on any atom is -0.344 e. The molecule has 0 saturated heterocycles. The standard InChI is InChI=1S/C19H21N3O3/c1-21(2)14-17(15-8-4-3-5-9-15)20-19(23)13-12-16-10-6-7-11-18(16)22(24)25/h3-13,17H,14H2,1-2H3,(H,20,23)/b13-12+/t17-/m0/s1. The Balaban J connectivity index is 2.13.